The van der Waals surface area contributed by atoms with Crippen molar-refractivity contribution in [3.05, 3.63) is 112 Å². The van der Waals surface area contributed by atoms with E-state index in [1.807, 2.05) is 60.7 Å². The summed E-state index contributed by atoms with van der Waals surface area (Å²) in [5.74, 6) is -1.21. The van der Waals surface area contributed by atoms with E-state index in [1.54, 1.807) is 12.1 Å². The van der Waals surface area contributed by atoms with Crippen LogP contribution in [0.5, 0.6) is 5.75 Å². The van der Waals surface area contributed by atoms with Crippen LogP contribution in [0.25, 0.3) is 22.3 Å². The molecule has 1 atom stereocenters. The van der Waals surface area contributed by atoms with E-state index in [0.717, 1.165) is 32.3 Å². The first-order chi connectivity index (χ1) is 17.9. The van der Waals surface area contributed by atoms with Gasteiger partial charge in [-0.15, -0.1) is 0 Å². The molecule has 0 aromatic heterocycles. The highest BCUT2D eigenvalue weighted by atomic mass is 79.9. The minimum Gasteiger partial charge on any atom is -0.507 e. The van der Waals surface area contributed by atoms with Crippen LogP contribution in [-0.4, -0.2) is 34.9 Å². The molecule has 0 saturated carbocycles. The predicted octanol–water partition coefficient (Wildman–Crippen LogP) is 6.36. The number of phenols is 1. The van der Waals surface area contributed by atoms with Crippen LogP contribution < -0.4 is 5.32 Å². The Bertz CT molecular complexity index is 1420. The number of benzene rings is 4. The van der Waals surface area contributed by atoms with Gasteiger partial charge in [0.25, 0.3) is 0 Å². The number of aliphatic carboxylic acids is 1. The van der Waals surface area contributed by atoms with E-state index < -0.39 is 18.1 Å². The van der Waals surface area contributed by atoms with Gasteiger partial charge in [0.15, 0.2) is 0 Å². The fraction of sp³-hybridized carbons (Fsp3) is 0.133. The lowest BCUT2D eigenvalue weighted by molar-refractivity contribution is -0.139. The van der Waals surface area contributed by atoms with E-state index in [2.05, 4.69) is 33.4 Å². The van der Waals surface area contributed by atoms with Crippen molar-refractivity contribution in [2.45, 2.75) is 18.4 Å². The normalized spacial score (nSPS) is 12.9. The molecule has 0 bridgehead atoms. The first kappa shape index (κ1) is 24.6. The Hall–Kier alpha value is -4.10. The number of rotatable bonds is 7. The van der Waals surface area contributed by atoms with Crippen molar-refractivity contribution < 1.29 is 24.5 Å². The van der Waals surface area contributed by atoms with E-state index in [9.17, 15) is 19.8 Å². The summed E-state index contributed by atoms with van der Waals surface area (Å²) >= 11 is 3.39. The molecule has 0 saturated heterocycles. The van der Waals surface area contributed by atoms with Gasteiger partial charge >= 0.3 is 12.1 Å². The lowest BCUT2D eigenvalue weighted by atomic mass is 9.98. The Morgan fingerprint density at radius 3 is 2.11 bits per heavy atom. The minimum absolute atomic E-state index is 0.0311. The third-order valence-electron chi connectivity index (χ3n) is 6.59. The molecule has 0 spiro atoms. The van der Waals surface area contributed by atoms with Crippen LogP contribution in [0, 0.1) is 0 Å². The van der Waals surface area contributed by atoms with Crippen LogP contribution in [0.15, 0.2) is 95.5 Å². The maximum atomic E-state index is 12.7. The van der Waals surface area contributed by atoms with E-state index in [-0.39, 0.29) is 24.7 Å². The minimum atomic E-state index is -1.20. The summed E-state index contributed by atoms with van der Waals surface area (Å²) in [7, 11) is 0. The number of carboxylic acid groups (broad SMARTS) is 1. The number of fused-ring (bicyclic) bond motifs is 3. The number of nitrogens with one attached hydrogen (secondary N) is 1. The number of carboxylic acids is 1. The summed E-state index contributed by atoms with van der Waals surface area (Å²) < 4.78 is 6.43. The molecule has 0 fully saturated rings. The van der Waals surface area contributed by atoms with Gasteiger partial charge in [0.2, 0.25) is 0 Å². The standard InChI is InChI=1S/C30H24BrNO5/c31-20-12-10-19(11-13-20)25-15-18(9-14-28(25)33)16-27(29(34)35)32-30(36)37-17-26-23-7-3-1-5-21(23)22-6-2-4-8-24(22)26/h1-15,26-27,33H,16-17H2,(H,32,36)(H,34,35)/t27-/m0/s1. The van der Waals surface area contributed by atoms with E-state index in [4.69, 9.17) is 4.74 Å². The number of halogens is 1. The van der Waals surface area contributed by atoms with Crippen molar-refractivity contribution in [2.24, 2.45) is 0 Å². The number of amides is 1. The molecule has 0 aliphatic heterocycles. The van der Waals surface area contributed by atoms with Crippen molar-refractivity contribution in [2.75, 3.05) is 6.61 Å². The van der Waals surface area contributed by atoms with E-state index in [0.29, 0.717) is 11.1 Å². The number of ether oxygens (including phenoxy) is 1. The summed E-state index contributed by atoms with van der Waals surface area (Å²) in [6.07, 6.45) is -0.759. The van der Waals surface area contributed by atoms with Gasteiger partial charge in [-0.25, -0.2) is 9.59 Å². The molecule has 6 nitrogen and oxygen atoms in total. The Morgan fingerprint density at radius 2 is 1.49 bits per heavy atom. The van der Waals surface area contributed by atoms with Crippen LogP contribution in [-0.2, 0) is 16.0 Å². The highest BCUT2D eigenvalue weighted by Gasteiger charge is 2.30. The quantitative estimate of drug-likeness (QED) is 0.246. The maximum Gasteiger partial charge on any atom is 0.407 e. The second-order valence-electron chi connectivity index (χ2n) is 8.92. The second-order valence-corrected chi connectivity index (χ2v) is 9.84. The summed E-state index contributed by atoms with van der Waals surface area (Å²) in [4.78, 5) is 24.6. The van der Waals surface area contributed by atoms with Crippen molar-refractivity contribution in [3.63, 3.8) is 0 Å². The molecule has 4 aromatic rings. The first-order valence-corrected chi connectivity index (χ1v) is 12.6. The molecule has 37 heavy (non-hydrogen) atoms. The number of hydrogen-bond donors (Lipinski definition) is 3. The third-order valence-corrected chi connectivity index (χ3v) is 7.12. The fourth-order valence-corrected chi connectivity index (χ4v) is 5.05. The molecule has 3 N–H and O–H groups in total. The topological polar surface area (TPSA) is 95.9 Å². The summed E-state index contributed by atoms with van der Waals surface area (Å²) in [5.41, 5.74) is 6.41. The number of carbonyl (C=O) groups is 2. The fourth-order valence-electron chi connectivity index (χ4n) is 4.79. The number of phenolic OH excluding ortho intramolecular Hbond substituents is 1. The molecule has 0 unspecified atom stereocenters. The SMILES string of the molecule is O=C(N[C@@H](Cc1ccc(O)c(-c2ccc(Br)cc2)c1)C(=O)O)OCC1c2ccccc2-c2ccccc21. The second kappa shape index (κ2) is 10.5. The van der Waals surface area contributed by atoms with E-state index >= 15 is 0 Å². The molecule has 1 amide bonds. The summed E-state index contributed by atoms with van der Waals surface area (Å²) in [5, 5.41) is 22.6. The van der Waals surface area contributed by atoms with Crippen LogP contribution in [0.1, 0.15) is 22.6 Å². The van der Waals surface area contributed by atoms with Gasteiger partial charge in [-0.05, 0) is 57.6 Å². The van der Waals surface area contributed by atoms with Crippen molar-refractivity contribution >= 4 is 28.0 Å². The van der Waals surface area contributed by atoms with Gasteiger partial charge in [-0.3, -0.25) is 0 Å². The molecule has 186 valence electrons. The molecular formula is C30H24BrNO5. The molecule has 4 aromatic carbocycles. The van der Waals surface area contributed by atoms with E-state index in [1.165, 1.54) is 6.07 Å². The van der Waals surface area contributed by atoms with Crippen molar-refractivity contribution in [1.29, 1.82) is 0 Å². The predicted molar refractivity (Wildman–Crippen MR) is 145 cm³/mol. The van der Waals surface area contributed by atoms with Crippen LogP contribution >= 0.6 is 15.9 Å². The highest BCUT2D eigenvalue weighted by molar-refractivity contribution is 9.10. The molecule has 1 aliphatic rings. The third kappa shape index (κ3) is 5.22. The van der Waals surface area contributed by atoms with Gasteiger partial charge in [0.05, 0.1) is 0 Å². The Kier molecular flexibility index (Phi) is 6.97. The lowest BCUT2D eigenvalue weighted by Gasteiger charge is -2.18. The Morgan fingerprint density at radius 1 is 0.865 bits per heavy atom. The molecule has 1 aliphatic carbocycles. The number of aromatic hydroxyl groups is 1. The van der Waals surface area contributed by atoms with Gasteiger partial charge in [0, 0.05) is 22.4 Å². The maximum absolute atomic E-state index is 12.7. The van der Waals surface area contributed by atoms with Crippen LogP contribution in [0.3, 0.4) is 0 Å². The summed E-state index contributed by atoms with van der Waals surface area (Å²) in [6.45, 7) is 0.0964. The highest BCUT2D eigenvalue weighted by Crippen LogP contribution is 2.44. The molecule has 0 radical (unpaired) electrons. The number of hydrogen-bond acceptors (Lipinski definition) is 4. The molecule has 5 rings (SSSR count). The molecular weight excluding hydrogens is 534 g/mol. The van der Waals surface area contributed by atoms with Crippen molar-refractivity contribution in [1.82, 2.24) is 5.32 Å². The Labute approximate surface area is 222 Å². The number of carbonyl (C=O) groups excluding carboxylic acids is 1. The zero-order chi connectivity index (χ0) is 25.9. The average molecular weight is 558 g/mol. The zero-order valence-electron chi connectivity index (χ0n) is 19.7. The van der Waals surface area contributed by atoms with Crippen molar-refractivity contribution in [3.8, 4) is 28.0 Å². The Balaban J connectivity index is 1.27. The molecule has 0 heterocycles. The number of alkyl carbamates (subject to hydrolysis) is 1. The van der Waals surface area contributed by atoms with Gasteiger partial charge < -0.3 is 20.3 Å². The van der Waals surface area contributed by atoms with Crippen LogP contribution in [0.2, 0.25) is 0 Å². The van der Waals surface area contributed by atoms with Gasteiger partial charge in [-0.1, -0.05) is 82.7 Å². The lowest BCUT2D eigenvalue weighted by Crippen LogP contribution is -2.42. The monoisotopic (exact) mass is 557 g/mol. The van der Waals surface area contributed by atoms with Gasteiger partial charge in [-0.2, -0.15) is 0 Å². The largest absolute Gasteiger partial charge is 0.507 e. The molecule has 7 heteroatoms. The average Bonchev–Trinajstić information content (AvgIpc) is 3.22. The zero-order valence-corrected chi connectivity index (χ0v) is 21.3. The first-order valence-electron chi connectivity index (χ1n) is 11.8. The smallest absolute Gasteiger partial charge is 0.407 e. The summed E-state index contributed by atoms with van der Waals surface area (Å²) in [6, 6.07) is 27.2. The van der Waals surface area contributed by atoms with Crippen LogP contribution in [0.4, 0.5) is 4.79 Å². The van der Waals surface area contributed by atoms with Gasteiger partial charge in [0.1, 0.15) is 18.4 Å².